The molecule has 3 rings (SSSR count). The van der Waals surface area contributed by atoms with E-state index in [1.807, 2.05) is 56.3 Å². The van der Waals surface area contributed by atoms with E-state index in [4.69, 9.17) is 4.74 Å². The van der Waals surface area contributed by atoms with Gasteiger partial charge in [-0.1, -0.05) is 43.0 Å². The molecule has 0 amide bonds. The van der Waals surface area contributed by atoms with E-state index in [1.165, 1.54) is 0 Å². The Morgan fingerprint density at radius 1 is 1.04 bits per heavy atom. The Morgan fingerprint density at radius 2 is 1.70 bits per heavy atom. The van der Waals surface area contributed by atoms with Gasteiger partial charge in [0.2, 0.25) is 0 Å². The Hall–Kier alpha value is -2.25. The molecule has 23 heavy (non-hydrogen) atoms. The quantitative estimate of drug-likeness (QED) is 0.590. The van der Waals surface area contributed by atoms with Crippen LogP contribution in [0.5, 0.6) is 0 Å². The number of benzene rings is 2. The highest BCUT2D eigenvalue weighted by atomic mass is 31.1. The third-order valence-corrected chi connectivity index (χ3v) is 4.83. The SMILES string of the molecule is C=C1OC(=O)c2cc(Cc3ccc(C(C)(C)P=O)cc3)ccc21. The molecular formula is C19H17O3P. The van der Waals surface area contributed by atoms with E-state index < -0.39 is 0 Å². The molecule has 0 bridgehead atoms. The van der Waals surface area contributed by atoms with Gasteiger partial charge in [0, 0.05) is 5.56 Å². The van der Waals surface area contributed by atoms with Crippen molar-refractivity contribution in [3.8, 4) is 0 Å². The Balaban J connectivity index is 1.83. The van der Waals surface area contributed by atoms with E-state index >= 15 is 0 Å². The van der Waals surface area contributed by atoms with Gasteiger partial charge in [-0.3, -0.25) is 4.57 Å². The van der Waals surface area contributed by atoms with E-state index in [0.717, 1.165) is 28.7 Å². The minimum Gasteiger partial charge on any atom is -0.423 e. The van der Waals surface area contributed by atoms with Gasteiger partial charge in [0.05, 0.1) is 10.7 Å². The molecule has 3 nitrogen and oxygen atoms in total. The van der Waals surface area contributed by atoms with Crippen LogP contribution in [0.2, 0.25) is 0 Å². The highest BCUT2D eigenvalue weighted by Crippen LogP contribution is 2.34. The maximum absolute atomic E-state index is 11.8. The Labute approximate surface area is 137 Å². The van der Waals surface area contributed by atoms with Crippen LogP contribution in [-0.4, -0.2) is 5.97 Å². The average Bonchev–Trinajstić information content (AvgIpc) is 2.82. The average molecular weight is 324 g/mol. The lowest BCUT2D eigenvalue weighted by molar-refractivity contribution is 0.0716. The number of carbonyl (C=O) groups is 1. The minimum absolute atomic E-state index is 0.108. The van der Waals surface area contributed by atoms with E-state index in [9.17, 15) is 9.36 Å². The van der Waals surface area contributed by atoms with Crippen molar-refractivity contribution in [2.24, 2.45) is 0 Å². The molecule has 0 radical (unpaired) electrons. The van der Waals surface area contributed by atoms with Gasteiger partial charge >= 0.3 is 5.97 Å². The zero-order valence-corrected chi connectivity index (χ0v) is 14.0. The van der Waals surface area contributed by atoms with Gasteiger partial charge in [0.15, 0.2) is 8.46 Å². The van der Waals surface area contributed by atoms with Crippen LogP contribution in [0.1, 0.15) is 46.5 Å². The maximum atomic E-state index is 11.8. The van der Waals surface area contributed by atoms with Gasteiger partial charge < -0.3 is 4.74 Å². The second kappa shape index (κ2) is 5.75. The predicted octanol–water partition coefficient (Wildman–Crippen LogP) is 4.95. The molecule has 2 aromatic rings. The number of esters is 1. The highest BCUT2D eigenvalue weighted by Gasteiger charge is 2.25. The summed E-state index contributed by atoms with van der Waals surface area (Å²) in [5.74, 6) is 0.0818. The van der Waals surface area contributed by atoms with Crippen LogP contribution in [0.25, 0.3) is 5.76 Å². The largest absolute Gasteiger partial charge is 0.423 e. The maximum Gasteiger partial charge on any atom is 0.344 e. The number of hydrogen-bond acceptors (Lipinski definition) is 3. The summed E-state index contributed by atoms with van der Waals surface area (Å²) >= 11 is 0. The molecule has 0 saturated carbocycles. The van der Waals surface area contributed by atoms with E-state index in [2.05, 4.69) is 6.58 Å². The number of carbonyl (C=O) groups excluding carboxylic acids is 1. The van der Waals surface area contributed by atoms with Crippen molar-refractivity contribution in [1.29, 1.82) is 0 Å². The first-order valence-corrected chi connectivity index (χ1v) is 8.20. The number of cyclic esters (lactones) is 1. The van der Waals surface area contributed by atoms with Crippen molar-refractivity contribution in [2.75, 3.05) is 0 Å². The van der Waals surface area contributed by atoms with Gasteiger partial charge in [0.25, 0.3) is 0 Å². The highest BCUT2D eigenvalue weighted by molar-refractivity contribution is 7.25. The van der Waals surface area contributed by atoms with Crippen LogP contribution in [0.3, 0.4) is 0 Å². The summed E-state index contributed by atoms with van der Waals surface area (Å²) in [7, 11) is 0.108. The van der Waals surface area contributed by atoms with Crippen molar-refractivity contribution < 1.29 is 14.1 Å². The predicted molar refractivity (Wildman–Crippen MR) is 90.8 cm³/mol. The Kier molecular flexibility index (Phi) is 3.91. The molecule has 1 heterocycles. The molecule has 0 N–H and O–H groups in total. The van der Waals surface area contributed by atoms with Crippen LogP contribution in [0.4, 0.5) is 0 Å². The number of hydrogen-bond donors (Lipinski definition) is 0. The second-order valence-corrected chi connectivity index (χ2v) is 7.52. The van der Waals surface area contributed by atoms with E-state index in [0.29, 0.717) is 11.3 Å². The molecule has 0 spiro atoms. The van der Waals surface area contributed by atoms with Gasteiger partial charge in [-0.15, -0.1) is 0 Å². The summed E-state index contributed by atoms with van der Waals surface area (Å²) in [6.07, 6.45) is 0.725. The lowest BCUT2D eigenvalue weighted by Gasteiger charge is -2.16. The third kappa shape index (κ3) is 2.97. The van der Waals surface area contributed by atoms with Crippen LogP contribution in [-0.2, 0) is 20.9 Å². The van der Waals surface area contributed by atoms with Gasteiger partial charge in [-0.25, -0.2) is 4.79 Å². The molecule has 0 unspecified atom stereocenters. The van der Waals surface area contributed by atoms with Crippen LogP contribution < -0.4 is 0 Å². The minimum atomic E-state index is -0.379. The number of fused-ring (bicyclic) bond motifs is 1. The fourth-order valence-corrected chi connectivity index (χ4v) is 2.91. The molecule has 1 aliphatic heterocycles. The lowest BCUT2D eigenvalue weighted by atomic mass is 9.96. The smallest absolute Gasteiger partial charge is 0.344 e. The van der Waals surface area contributed by atoms with Crippen molar-refractivity contribution in [3.63, 3.8) is 0 Å². The summed E-state index contributed by atoms with van der Waals surface area (Å²) in [6.45, 7) is 7.61. The lowest BCUT2D eigenvalue weighted by Crippen LogP contribution is -2.07. The monoisotopic (exact) mass is 324 g/mol. The van der Waals surface area contributed by atoms with Crippen LogP contribution in [0.15, 0.2) is 49.0 Å². The first-order chi connectivity index (χ1) is 10.9. The molecule has 0 aromatic heterocycles. The van der Waals surface area contributed by atoms with Crippen molar-refractivity contribution in [1.82, 2.24) is 0 Å². The van der Waals surface area contributed by atoms with Crippen molar-refractivity contribution in [2.45, 2.75) is 25.4 Å². The molecule has 0 fully saturated rings. The van der Waals surface area contributed by atoms with E-state index in [-0.39, 0.29) is 19.6 Å². The first-order valence-electron chi connectivity index (χ1n) is 7.39. The van der Waals surface area contributed by atoms with Crippen molar-refractivity contribution in [3.05, 3.63) is 76.9 Å². The number of rotatable bonds is 4. The topological polar surface area (TPSA) is 43.4 Å². The Morgan fingerprint density at radius 3 is 2.35 bits per heavy atom. The first kappa shape index (κ1) is 15.6. The number of ether oxygens (including phenoxy) is 1. The second-order valence-electron chi connectivity index (χ2n) is 6.22. The van der Waals surface area contributed by atoms with Gasteiger partial charge in [0.1, 0.15) is 5.76 Å². The van der Waals surface area contributed by atoms with Gasteiger partial charge in [-0.05, 0) is 43.0 Å². The zero-order chi connectivity index (χ0) is 16.6. The molecule has 0 atom stereocenters. The standard InChI is InChI=1S/C19H17O3P/c1-12-16-9-6-14(11-17(16)18(20)22-12)10-13-4-7-15(8-5-13)19(2,3)23-21/h4-9,11H,1,10H2,2-3H3. The summed E-state index contributed by atoms with van der Waals surface area (Å²) in [5, 5.41) is -0.379. The van der Waals surface area contributed by atoms with Crippen LogP contribution in [0, 0.1) is 0 Å². The summed E-state index contributed by atoms with van der Waals surface area (Å²) in [5.41, 5.74) is 4.56. The summed E-state index contributed by atoms with van der Waals surface area (Å²) in [4.78, 5) is 11.8. The fraction of sp³-hybridized carbons (Fsp3) is 0.211. The van der Waals surface area contributed by atoms with E-state index in [1.54, 1.807) is 0 Å². The summed E-state index contributed by atoms with van der Waals surface area (Å²) < 4.78 is 16.3. The molecule has 2 aromatic carbocycles. The molecular weight excluding hydrogens is 307 g/mol. The molecule has 4 heteroatoms. The molecule has 0 aliphatic carbocycles. The Bertz CT molecular complexity index is 804. The van der Waals surface area contributed by atoms with Crippen LogP contribution >= 0.6 is 8.46 Å². The summed E-state index contributed by atoms with van der Waals surface area (Å²) in [6, 6.07) is 13.8. The van der Waals surface area contributed by atoms with Crippen molar-refractivity contribution >= 4 is 20.2 Å². The third-order valence-electron chi connectivity index (χ3n) is 4.12. The normalized spacial score (nSPS) is 14.0. The molecule has 0 saturated heterocycles. The zero-order valence-electron chi connectivity index (χ0n) is 13.1. The molecule has 1 aliphatic rings. The van der Waals surface area contributed by atoms with Gasteiger partial charge in [-0.2, -0.15) is 0 Å². The molecule has 116 valence electrons. The fourth-order valence-electron chi connectivity index (χ4n) is 2.65.